The third kappa shape index (κ3) is 3.14. The van der Waals surface area contributed by atoms with Crippen LogP contribution >= 0.6 is 0 Å². The molecule has 0 N–H and O–H groups in total. The van der Waals surface area contributed by atoms with Gasteiger partial charge in [0.25, 0.3) is 10.0 Å². The average molecular weight is 379 g/mol. The summed E-state index contributed by atoms with van der Waals surface area (Å²) in [5.74, 6) is 2.07. The second kappa shape index (κ2) is 6.51. The molecule has 2 aromatic rings. The Labute approximate surface area is 154 Å². The van der Waals surface area contributed by atoms with Crippen molar-refractivity contribution in [2.75, 3.05) is 44.5 Å². The molecular weight excluding hydrogens is 354 g/mol. The molecule has 3 rings (SSSR count). The lowest BCUT2D eigenvalue weighted by Gasteiger charge is -2.30. The number of hydrogen-bond donors (Lipinski definition) is 0. The fourth-order valence-corrected chi connectivity index (χ4v) is 4.36. The highest BCUT2D eigenvalue weighted by Crippen LogP contribution is 2.29. The highest BCUT2D eigenvalue weighted by Gasteiger charge is 2.33. The van der Waals surface area contributed by atoms with Gasteiger partial charge in [-0.25, -0.2) is 18.4 Å². The Morgan fingerprint density at radius 2 is 1.77 bits per heavy atom. The number of aromatic nitrogens is 4. The SMILES string of the molecule is Cc1nc(S(=O)(=O)N2CCc3c(nc(N(C)C)nc3N(C)C)C2)cn1C. The lowest BCUT2D eigenvalue weighted by Crippen LogP contribution is -2.38. The monoisotopic (exact) mass is 379 g/mol. The van der Waals surface area contributed by atoms with Crippen molar-refractivity contribution in [1.82, 2.24) is 23.8 Å². The van der Waals surface area contributed by atoms with Gasteiger partial charge in [0, 0.05) is 53.5 Å². The molecule has 3 heterocycles. The van der Waals surface area contributed by atoms with Crippen LogP contribution in [0, 0.1) is 6.92 Å². The van der Waals surface area contributed by atoms with Crippen molar-refractivity contribution in [2.45, 2.75) is 24.9 Å². The maximum Gasteiger partial charge on any atom is 0.262 e. The summed E-state index contributed by atoms with van der Waals surface area (Å²) in [7, 11) is 5.73. The zero-order valence-corrected chi connectivity index (χ0v) is 16.9. The van der Waals surface area contributed by atoms with Crippen LogP contribution in [0.2, 0.25) is 0 Å². The van der Waals surface area contributed by atoms with Crippen molar-refractivity contribution >= 4 is 21.8 Å². The van der Waals surface area contributed by atoms with Crippen LogP contribution in [0.3, 0.4) is 0 Å². The lowest BCUT2D eigenvalue weighted by molar-refractivity contribution is 0.383. The number of nitrogens with zero attached hydrogens (tertiary/aromatic N) is 7. The number of aryl methyl sites for hydroxylation is 2. The molecule has 1 aliphatic rings. The maximum absolute atomic E-state index is 13.0. The van der Waals surface area contributed by atoms with Crippen molar-refractivity contribution < 1.29 is 8.42 Å². The molecule has 1 aliphatic heterocycles. The molecule has 2 aromatic heterocycles. The molecule has 0 saturated heterocycles. The van der Waals surface area contributed by atoms with Gasteiger partial charge < -0.3 is 14.4 Å². The van der Waals surface area contributed by atoms with E-state index in [2.05, 4.69) is 15.0 Å². The minimum atomic E-state index is -3.66. The molecule has 0 atom stereocenters. The molecule has 9 nitrogen and oxygen atoms in total. The van der Waals surface area contributed by atoms with Crippen LogP contribution in [-0.4, -0.2) is 67.0 Å². The number of hydrogen-bond acceptors (Lipinski definition) is 7. The highest BCUT2D eigenvalue weighted by molar-refractivity contribution is 7.89. The molecule has 142 valence electrons. The van der Waals surface area contributed by atoms with Crippen molar-refractivity contribution in [3.63, 3.8) is 0 Å². The summed E-state index contributed by atoms with van der Waals surface area (Å²) >= 11 is 0. The van der Waals surface area contributed by atoms with Crippen LogP contribution in [0.25, 0.3) is 0 Å². The zero-order valence-electron chi connectivity index (χ0n) is 16.1. The van der Waals surface area contributed by atoms with E-state index in [1.165, 1.54) is 4.31 Å². The van der Waals surface area contributed by atoms with Crippen molar-refractivity contribution in [1.29, 1.82) is 0 Å². The number of rotatable bonds is 4. The van der Waals surface area contributed by atoms with Crippen LogP contribution in [0.1, 0.15) is 17.1 Å². The third-order valence-corrected chi connectivity index (χ3v) is 6.23. The van der Waals surface area contributed by atoms with Gasteiger partial charge in [-0.15, -0.1) is 0 Å². The van der Waals surface area contributed by atoms with Crippen molar-refractivity contribution in [3.8, 4) is 0 Å². The first kappa shape index (κ1) is 18.6. The predicted octanol–water partition coefficient (Wildman–Crippen LogP) is 0.398. The molecule has 0 radical (unpaired) electrons. The van der Waals surface area contributed by atoms with Crippen LogP contribution in [-0.2, 0) is 30.0 Å². The molecule has 0 bridgehead atoms. The summed E-state index contributed by atoms with van der Waals surface area (Å²) < 4.78 is 29.1. The maximum atomic E-state index is 13.0. The van der Waals surface area contributed by atoms with E-state index in [1.807, 2.05) is 38.0 Å². The Kier molecular flexibility index (Phi) is 4.65. The third-order valence-electron chi connectivity index (χ3n) is 4.51. The summed E-state index contributed by atoms with van der Waals surface area (Å²) in [5.41, 5.74) is 1.75. The summed E-state index contributed by atoms with van der Waals surface area (Å²) in [5, 5.41) is 0.0793. The molecule has 26 heavy (non-hydrogen) atoms. The molecule has 0 spiro atoms. The van der Waals surface area contributed by atoms with E-state index in [-0.39, 0.29) is 11.6 Å². The van der Waals surface area contributed by atoms with Crippen LogP contribution in [0.15, 0.2) is 11.2 Å². The van der Waals surface area contributed by atoms with Crippen LogP contribution in [0.5, 0.6) is 0 Å². The molecule has 10 heteroatoms. The molecule has 0 unspecified atom stereocenters. The van der Waals surface area contributed by atoms with Crippen molar-refractivity contribution in [3.05, 3.63) is 23.3 Å². The quantitative estimate of drug-likeness (QED) is 0.760. The van der Waals surface area contributed by atoms with E-state index in [0.29, 0.717) is 24.7 Å². The standard InChI is InChI=1S/C16H25N7O2S/c1-11-17-14(10-22(11)6)26(24,25)23-8-7-12-13(9-23)18-16(21(4)5)19-15(12)20(2)3/h10H,7-9H2,1-6H3. The molecule has 0 aliphatic carbocycles. The Hall–Kier alpha value is -2.20. The Balaban J connectivity index is 2.01. The Morgan fingerprint density at radius 3 is 2.31 bits per heavy atom. The molecule has 0 aromatic carbocycles. The summed E-state index contributed by atoms with van der Waals surface area (Å²) in [6, 6.07) is 0. The first-order valence-electron chi connectivity index (χ1n) is 8.35. The summed E-state index contributed by atoms with van der Waals surface area (Å²) in [4.78, 5) is 17.2. The number of fused-ring (bicyclic) bond motifs is 1. The van der Waals surface area contributed by atoms with Gasteiger partial charge in [0.15, 0.2) is 5.03 Å². The fraction of sp³-hybridized carbons (Fsp3) is 0.562. The van der Waals surface area contributed by atoms with Crippen LogP contribution < -0.4 is 9.80 Å². The second-order valence-corrected chi connectivity index (χ2v) is 8.77. The van der Waals surface area contributed by atoms with Gasteiger partial charge in [0.1, 0.15) is 11.6 Å². The van der Waals surface area contributed by atoms with Gasteiger partial charge in [-0.2, -0.15) is 9.29 Å². The van der Waals surface area contributed by atoms with E-state index in [0.717, 1.165) is 17.1 Å². The molecular formula is C16H25N7O2S. The van der Waals surface area contributed by atoms with Crippen LogP contribution in [0.4, 0.5) is 11.8 Å². The van der Waals surface area contributed by atoms with Gasteiger partial charge >= 0.3 is 0 Å². The first-order valence-corrected chi connectivity index (χ1v) is 9.80. The molecule has 0 fully saturated rings. The zero-order chi connectivity index (χ0) is 19.2. The minimum absolute atomic E-state index is 0.0793. The minimum Gasteiger partial charge on any atom is -0.362 e. The molecule has 0 saturated carbocycles. The fourth-order valence-electron chi connectivity index (χ4n) is 2.93. The van der Waals surface area contributed by atoms with Gasteiger partial charge in [-0.3, -0.25) is 0 Å². The highest BCUT2D eigenvalue weighted by atomic mass is 32.2. The summed E-state index contributed by atoms with van der Waals surface area (Å²) in [6.07, 6.45) is 2.12. The second-order valence-electron chi connectivity index (χ2n) is 6.89. The van der Waals surface area contributed by atoms with E-state index in [1.54, 1.807) is 24.7 Å². The predicted molar refractivity (Wildman–Crippen MR) is 99.9 cm³/mol. The Bertz CT molecular complexity index is 915. The van der Waals surface area contributed by atoms with Gasteiger partial charge in [-0.05, 0) is 13.3 Å². The van der Waals surface area contributed by atoms with Gasteiger partial charge in [0.2, 0.25) is 5.95 Å². The van der Waals surface area contributed by atoms with E-state index >= 15 is 0 Å². The number of anilines is 2. The smallest absolute Gasteiger partial charge is 0.262 e. The number of imidazole rings is 1. The van der Waals surface area contributed by atoms with E-state index in [4.69, 9.17) is 0 Å². The topological polar surface area (TPSA) is 87.5 Å². The first-order chi connectivity index (χ1) is 12.1. The van der Waals surface area contributed by atoms with E-state index in [9.17, 15) is 8.42 Å². The normalized spacial score (nSPS) is 15.0. The average Bonchev–Trinajstić information content (AvgIpc) is 2.92. The Morgan fingerprint density at radius 1 is 1.08 bits per heavy atom. The summed E-state index contributed by atoms with van der Waals surface area (Å²) in [6.45, 7) is 2.39. The molecule has 0 amide bonds. The van der Waals surface area contributed by atoms with Crippen molar-refractivity contribution in [2.24, 2.45) is 7.05 Å². The van der Waals surface area contributed by atoms with E-state index < -0.39 is 10.0 Å². The van der Waals surface area contributed by atoms with Gasteiger partial charge in [-0.1, -0.05) is 0 Å². The lowest BCUT2D eigenvalue weighted by atomic mass is 10.1. The largest absolute Gasteiger partial charge is 0.362 e. The van der Waals surface area contributed by atoms with Gasteiger partial charge in [0.05, 0.1) is 12.2 Å². The number of sulfonamides is 1.